The third-order valence-corrected chi connectivity index (χ3v) is 5.27. The molecule has 2 aliphatic rings. The molecule has 2 unspecified atom stereocenters. The summed E-state index contributed by atoms with van der Waals surface area (Å²) in [6, 6.07) is 6.79. The number of carbonyl (C=O) groups excluding carboxylic acids is 2. The first kappa shape index (κ1) is 16.1. The average Bonchev–Trinajstić information content (AvgIpc) is 2.91. The Morgan fingerprint density at radius 3 is 2.65 bits per heavy atom. The van der Waals surface area contributed by atoms with Crippen molar-refractivity contribution in [2.45, 2.75) is 24.9 Å². The zero-order valence-electron chi connectivity index (χ0n) is 12.8. The van der Waals surface area contributed by atoms with Crippen LogP contribution in [-0.2, 0) is 10.5 Å². The summed E-state index contributed by atoms with van der Waals surface area (Å²) in [5.74, 6) is 0.441. The Labute approximate surface area is 143 Å². The number of amidine groups is 1. The van der Waals surface area contributed by atoms with Crippen molar-refractivity contribution in [2.75, 3.05) is 13.6 Å². The van der Waals surface area contributed by atoms with Gasteiger partial charge in [0.05, 0.1) is 0 Å². The molecule has 0 aromatic heterocycles. The number of urea groups is 1. The third kappa shape index (κ3) is 3.03. The van der Waals surface area contributed by atoms with E-state index in [0.29, 0.717) is 11.6 Å². The van der Waals surface area contributed by atoms with Gasteiger partial charge in [-0.25, -0.2) is 9.79 Å². The van der Waals surface area contributed by atoms with Gasteiger partial charge in [-0.1, -0.05) is 35.5 Å². The van der Waals surface area contributed by atoms with Crippen LogP contribution in [0.4, 0.5) is 4.79 Å². The molecule has 0 bridgehead atoms. The number of imide groups is 1. The molecule has 3 rings (SSSR count). The molecule has 6 nitrogen and oxygen atoms in total. The first-order chi connectivity index (χ1) is 11.0. The maximum atomic E-state index is 12.2. The lowest BCUT2D eigenvalue weighted by molar-refractivity contribution is -0.127. The number of thioether (sulfide) groups is 1. The van der Waals surface area contributed by atoms with Crippen LogP contribution in [0.25, 0.3) is 0 Å². The maximum absolute atomic E-state index is 12.2. The van der Waals surface area contributed by atoms with Crippen LogP contribution in [0, 0.1) is 0 Å². The second-order valence-corrected chi connectivity index (χ2v) is 6.76. The Morgan fingerprint density at radius 2 is 2.00 bits per heavy atom. The van der Waals surface area contributed by atoms with Crippen LogP contribution in [0.5, 0.6) is 0 Å². The number of nitrogens with one attached hydrogen (secondary N) is 1. The number of aliphatic imine (C=N–C) groups is 1. The van der Waals surface area contributed by atoms with Gasteiger partial charge < -0.3 is 9.80 Å². The van der Waals surface area contributed by atoms with Gasteiger partial charge in [0.15, 0.2) is 17.4 Å². The molecule has 2 atom stereocenters. The highest BCUT2D eigenvalue weighted by molar-refractivity contribution is 8.13. The monoisotopic (exact) mass is 352 g/mol. The molecule has 0 spiro atoms. The van der Waals surface area contributed by atoms with Gasteiger partial charge in [0.25, 0.3) is 5.91 Å². The smallest absolute Gasteiger partial charge is 0.325 e. The van der Waals surface area contributed by atoms with E-state index in [4.69, 9.17) is 11.6 Å². The average molecular weight is 353 g/mol. The van der Waals surface area contributed by atoms with Crippen LogP contribution < -0.4 is 5.32 Å². The highest BCUT2D eigenvalue weighted by Gasteiger charge is 2.47. The highest BCUT2D eigenvalue weighted by atomic mass is 35.5. The second kappa shape index (κ2) is 6.41. The molecule has 2 aliphatic heterocycles. The van der Waals surface area contributed by atoms with Crippen molar-refractivity contribution in [1.82, 2.24) is 15.1 Å². The van der Waals surface area contributed by atoms with Crippen molar-refractivity contribution >= 4 is 40.5 Å². The second-order valence-electron chi connectivity index (χ2n) is 5.38. The minimum atomic E-state index is -0.455. The van der Waals surface area contributed by atoms with E-state index in [2.05, 4.69) is 10.3 Å². The molecule has 8 heteroatoms. The molecular weight excluding hydrogens is 336 g/mol. The number of nitrogens with zero attached hydrogens (tertiary/aromatic N) is 3. The maximum Gasteiger partial charge on any atom is 0.325 e. The molecule has 122 valence electrons. The first-order valence-corrected chi connectivity index (χ1v) is 8.67. The predicted molar refractivity (Wildman–Crippen MR) is 91.4 cm³/mol. The lowest BCUT2D eigenvalue weighted by Gasteiger charge is -2.35. The Bertz CT molecular complexity index is 664. The predicted octanol–water partition coefficient (Wildman–Crippen LogP) is 2.14. The quantitative estimate of drug-likeness (QED) is 0.905. The molecule has 0 saturated carbocycles. The van der Waals surface area contributed by atoms with Gasteiger partial charge >= 0.3 is 6.03 Å². The molecular formula is C15H17ClN4O2S. The van der Waals surface area contributed by atoms with Crippen molar-refractivity contribution in [1.29, 1.82) is 0 Å². The van der Waals surface area contributed by atoms with Crippen molar-refractivity contribution in [3.8, 4) is 0 Å². The minimum Gasteiger partial charge on any atom is -0.336 e. The molecule has 3 amide bonds. The third-order valence-electron chi connectivity index (χ3n) is 3.94. The standard InChI is InChI=1S/C15H17ClN4O2S/c1-3-20-11-12(19(2)14(22)18-13(11)21)17-15(20)23-8-9-4-6-10(16)7-5-9/h4-7,11-12H,3,8H2,1-2H3,(H,18,21,22). The van der Waals surface area contributed by atoms with E-state index >= 15 is 0 Å². The van der Waals surface area contributed by atoms with Crippen molar-refractivity contribution in [2.24, 2.45) is 4.99 Å². The summed E-state index contributed by atoms with van der Waals surface area (Å²) < 4.78 is 0. The fraction of sp³-hybridized carbons (Fsp3) is 0.400. The van der Waals surface area contributed by atoms with Gasteiger partial charge in [0.2, 0.25) is 0 Å². The van der Waals surface area contributed by atoms with E-state index in [1.54, 1.807) is 18.8 Å². The van der Waals surface area contributed by atoms with Crippen molar-refractivity contribution < 1.29 is 9.59 Å². The zero-order chi connectivity index (χ0) is 16.6. The van der Waals surface area contributed by atoms with E-state index in [-0.39, 0.29) is 5.91 Å². The van der Waals surface area contributed by atoms with E-state index in [0.717, 1.165) is 16.5 Å². The fourth-order valence-corrected chi connectivity index (χ4v) is 3.89. The van der Waals surface area contributed by atoms with Crippen molar-refractivity contribution in [3.63, 3.8) is 0 Å². The van der Waals surface area contributed by atoms with Crippen LogP contribution in [0.3, 0.4) is 0 Å². The van der Waals surface area contributed by atoms with E-state index in [9.17, 15) is 9.59 Å². The number of amides is 3. The number of benzene rings is 1. The Balaban J connectivity index is 1.77. The zero-order valence-corrected chi connectivity index (χ0v) is 14.4. The van der Waals surface area contributed by atoms with Gasteiger partial charge in [0, 0.05) is 24.4 Å². The highest BCUT2D eigenvalue weighted by Crippen LogP contribution is 2.29. The normalized spacial score (nSPS) is 23.7. The number of rotatable bonds is 3. The van der Waals surface area contributed by atoms with Crippen LogP contribution in [0.2, 0.25) is 5.02 Å². The number of hydrogen-bond donors (Lipinski definition) is 1. The number of halogens is 1. The molecule has 2 heterocycles. The summed E-state index contributed by atoms with van der Waals surface area (Å²) in [6.45, 7) is 2.63. The van der Waals surface area contributed by atoms with Gasteiger partial charge in [-0.3, -0.25) is 10.1 Å². The number of likely N-dealkylation sites (N-methyl/N-ethyl adjacent to an activating group) is 2. The molecule has 1 aromatic rings. The fourth-order valence-electron chi connectivity index (χ4n) is 2.68. The van der Waals surface area contributed by atoms with Gasteiger partial charge in [-0.05, 0) is 24.6 Å². The molecule has 0 radical (unpaired) electrons. The summed E-state index contributed by atoms with van der Waals surface area (Å²) in [6.07, 6.45) is -0.455. The molecule has 1 aromatic carbocycles. The summed E-state index contributed by atoms with van der Waals surface area (Å²) in [4.78, 5) is 31.9. The number of hydrogen-bond acceptors (Lipinski definition) is 5. The van der Waals surface area contributed by atoms with Crippen molar-refractivity contribution in [3.05, 3.63) is 34.9 Å². The topological polar surface area (TPSA) is 65.0 Å². The SMILES string of the molecule is CCN1C(SCc2ccc(Cl)cc2)=NC2C1C(=O)NC(=O)N2C. The van der Waals surface area contributed by atoms with Crippen LogP contribution in [0.1, 0.15) is 12.5 Å². The Kier molecular flexibility index (Phi) is 4.50. The molecule has 1 N–H and O–H groups in total. The van der Waals surface area contributed by atoms with Gasteiger partial charge in [-0.2, -0.15) is 0 Å². The summed E-state index contributed by atoms with van der Waals surface area (Å²) >= 11 is 7.45. The number of carbonyl (C=O) groups is 2. The summed E-state index contributed by atoms with van der Waals surface area (Å²) in [5.41, 5.74) is 1.13. The minimum absolute atomic E-state index is 0.286. The Morgan fingerprint density at radius 1 is 1.30 bits per heavy atom. The molecule has 0 aliphatic carbocycles. The van der Waals surface area contributed by atoms with Crippen LogP contribution in [0.15, 0.2) is 29.3 Å². The lowest BCUT2D eigenvalue weighted by atomic mass is 10.1. The van der Waals surface area contributed by atoms with Gasteiger partial charge in [0.1, 0.15) is 0 Å². The Hall–Kier alpha value is -1.73. The summed E-state index contributed by atoms with van der Waals surface area (Å²) in [5, 5.41) is 3.86. The molecule has 1 saturated heterocycles. The number of fused-ring (bicyclic) bond motifs is 1. The van der Waals surface area contributed by atoms with Crippen LogP contribution in [-0.4, -0.2) is 52.7 Å². The lowest BCUT2D eigenvalue weighted by Crippen LogP contribution is -2.63. The summed E-state index contributed by atoms with van der Waals surface area (Å²) in [7, 11) is 1.66. The van der Waals surface area contributed by atoms with E-state index in [1.807, 2.05) is 36.1 Å². The van der Waals surface area contributed by atoms with Gasteiger partial charge in [-0.15, -0.1) is 0 Å². The van der Waals surface area contributed by atoms with E-state index in [1.165, 1.54) is 4.90 Å². The molecule has 1 fully saturated rings. The first-order valence-electron chi connectivity index (χ1n) is 7.30. The molecule has 23 heavy (non-hydrogen) atoms. The largest absolute Gasteiger partial charge is 0.336 e. The van der Waals surface area contributed by atoms with E-state index < -0.39 is 18.2 Å². The van der Waals surface area contributed by atoms with Crippen LogP contribution >= 0.6 is 23.4 Å².